The zero-order valence-electron chi connectivity index (χ0n) is 10.7. The average Bonchev–Trinajstić information content (AvgIpc) is 2.78. The molecular formula is C14H19F2NO. The lowest BCUT2D eigenvalue weighted by atomic mass is 9.95. The molecule has 0 radical (unpaired) electrons. The van der Waals surface area contributed by atoms with Crippen molar-refractivity contribution >= 4 is 0 Å². The molecule has 2 rings (SSSR count). The molecule has 18 heavy (non-hydrogen) atoms. The summed E-state index contributed by atoms with van der Waals surface area (Å²) in [5, 5.41) is 3.37. The van der Waals surface area contributed by atoms with Crippen LogP contribution < -0.4 is 5.32 Å². The molecule has 1 saturated heterocycles. The fraction of sp³-hybridized carbons (Fsp3) is 0.571. The van der Waals surface area contributed by atoms with Crippen molar-refractivity contribution in [1.29, 1.82) is 0 Å². The molecule has 4 heteroatoms. The molecule has 0 saturated carbocycles. The summed E-state index contributed by atoms with van der Waals surface area (Å²) in [6, 6.07) is 4.43. The zero-order valence-corrected chi connectivity index (χ0v) is 10.7. The van der Waals surface area contributed by atoms with Crippen molar-refractivity contribution in [2.45, 2.75) is 32.4 Å². The van der Waals surface area contributed by atoms with Gasteiger partial charge in [0.05, 0.1) is 6.10 Å². The van der Waals surface area contributed by atoms with Crippen LogP contribution in [0, 0.1) is 17.6 Å². The van der Waals surface area contributed by atoms with Crippen LogP contribution in [-0.4, -0.2) is 19.2 Å². The Kier molecular flexibility index (Phi) is 4.30. The Balaban J connectivity index is 2.08. The van der Waals surface area contributed by atoms with Crippen molar-refractivity contribution in [3.63, 3.8) is 0 Å². The Hall–Kier alpha value is -1.00. The topological polar surface area (TPSA) is 21.3 Å². The van der Waals surface area contributed by atoms with Gasteiger partial charge in [0.1, 0.15) is 0 Å². The fourth-order valence-corrected chi connectivity index (χ4v) is 2.29. The minimum absolute atomic E-state index is 0.133. The van der Waals surface area contributed by atoms with Crippen LogP contribution in [0.25, 0.3) is 0 Å². The van der Waals surface area contributed by atoms with Gasteiger partial charge in [-0.2, -0.15) is 0 Å². The first-order valence-electron chi connectivity index (χ1n) is 6.38. The minimum atomic E-state index is -0.811. The largest absolute Gasteiger partial charge is 0.373 e. The molecule has 1 aromatic rings. The molecule has 2 nitrogen and oxygen atoms in total. The third kappa shape index (κ3) is 3.06. The van der Waals surface area contributed by atoms with E-state index >= 15 is 0 Å². The summed E-state index contributed by atoms with van der Waals surface area (Å²) in [5.41, 5.74) is 0.724. The smallest absolute Gasteiger partial charge is 0.159 e. The Labute approximate surface area is 106 Å². The molecule has 1 aromatic carbocycles. The molecule has 0 bridgehead atoms. The average molecular weight is 255 g/mol. The molecule has 100 valence electrons. The van der Waals surface area contributed by atoms with E-state index in [0.29, 0.717) is 18.6 Å². The summed E-state index contributed by atoms with van der Waals surface area (Å²) in [4.78, 5) is 0. The Morgan fingerprint density at radius 1 is 1.33 bits per heavy atom. The van der Waals surface area contributed by atoms with Gasteiger partial charge in [-0.15, -0.1) is 0 Å². The SMILES string of the molecule is CC(C)NCC1CCOC1c1ccc(F)c(F)c1. The molecule has 1 aliphatic heterocycles. The minimum Gasteiger partial charge on any atom is -0.373 e. The van der Waals surface area contributed by atoms with Gasteiger partial charge in [-0.05, 0) is 24.1 Å². The first-order chi connectivity index (χ1) is 8.58. The Morgan fingerprint density at radius 2 is 2.11 bits per heavy atom. The number of halogens is 2. The van der Waals surface area contributed by atoms with Crippen molar-refractivity contribution < 1.29 is 13.5 Å². The number of hydrogen-bond donors (Lipinski definition) is 1. The van der Waals surface area contributed by atoms with Crippen molar-refractivity contribution in [3.05, 3.63) is 35.4 Å². The third-order valence-electron chi connectivity index (χ3n) is 3.27. The predicted octanol–water partition coefficient (Wildman–Crippen LogP) is 3.04. The van der Waals surface area contributed by atoms with Crippen LogP contribution in [0.4, 0.5) is 8.78 Å². The lowest BCUT2D eigenvalue weighted by molar-refractivity contribution is 0.0897. The highest BCUT2D eigenvalue weighted by Gasteiger charge is 2.30. The summed E-state index contributed by atoms with van der Waals surface area (Å²) in [6.07, 6.45) is 0.815. The van der Waals surface area contributed by atoms with E-state index in [4.69, 9.17) is 4.74 Å². The van der Waals surface area contributed by atoms with Gasteiger partial charge in [-0.3, -0.25) is 0 Å². The normalized spacial score (nSPS) is 23.8. The van der Waals surface area contributed by atoms with E-state index in [1.165, 1.54) is 12.1 Å². The second-order valence-corrected chi connectivity index (χ2v) is 5.08. The molecule has 0 aromatic heterocycles. The standard InChI is InChI=1S/C14H19F2NO/c1-9(2)17-8-11-5-6-18-14(11)10-3-4-12(15)13(16)7-10/h3-4,7,9,11,14,17H,5-6,8H2,1-2H3. The number of benzene rings is 1. The molecule has 2 unspecified atom stereocenters. The van der Waals surface area contributed by atoms with E-state index in [2.05, 4.69) is 19.2 Å². The predicted molar refractivity (Wildman–Crippen MR) is 66.3 cm³/mol. The van der Waals surface area contributed by atoms with Gasteiger partial charge < -0.3 is 10.1 Å². The molecule has 2 atom stereocenters. The highest BCUT2D eigenvalue weighted by atomic mass is 19.2. The van der Waals surface area contributed by atoms with Crippen LogP contribution >= 0.6 is 0 Å². The highest BCUT2D eigenvalue weighted by Crippen LogP contribution is 2.34. The second kappa shape index (κ2) is 5.76. The van der Waals surface area contributed by atoms with Gasteiger partial charge in [0.2, 0.25) is 0 Å². The van der Waals surface area contributed by atoms with Gasteiger partial charge >= 0.3 is 0 Å². The number of rotatable bonds is 4. The van der Waals surface area contributed by atoms with Gasteiger partial charge in [0, 0.05) is 25.1 Å². The van der Waals surface area contributed by atoms with Gasteiger partial charge in [-0.1, -0.05) is 19.9 Å². The molecule has 1 heterocycles. The second-order valence-electron chi connectivity index (χ2n) is 5.08. The summed E-state index contributed by atoms with van der Waals surface area (Å²) in [7, 11) is 0. The number of nitrogens with one attached hydrogen (secondary N) is 1. The lowest BCUT2D eigenvalue weighted by Crippen LogP contribution is -2.30. The summed E-state index contributed by atoms with van der Waals surface area (Å²) < 4.78 is 31.8. The Bertz CT molecular complexity index is 409. The third-order valence-corrected chi connectivity index (χ3v) is 3.27. The fourth-order valence-electron chi connectivity index (χ4n) is 2.29. The van der Waals surface area contributed by atoms with Gasteiger partial charge in [0.25, 0.3) is 0 Å². The molecule has 1 aliphatic rings. The van der Waals surface area contributed by atoms with Crippen LogP contribution in [-0.2, 0) is 4.74 Å². The molecule has 1 N–H and O–H groups in total. The molecular weight excluding hydrogens is 236 g/mol. The van der Waals surface area contributed by atoms with Gasteiger partial charge in [-0.25, -0.2) is 8.78 Å². The van der Waals surface area contributed by atoms with Crippen LogP contribution in [0.15, 0.2) is 18.2 Å². The monoisotopic (exact) mass is 255 g/mol. The quantitative estimate of drug-likeness (QED) is 0.893. The lowest BCUT2D eigenvalue weighted by Gasteiger charge is -2.20. The van der Waals surface area contributed by atoms with E-state index in [1.54, 1.807) is 6.07 Å². The molecule has 1 fully saturated rings. The maximum Gasteiger partial charge on any atom is 0.159 e. The van der Waals surface area contributed by atoms with E-state index in [0.717, 1.165) is 18.5 Å². The first-order valence-corrected chi connectivity index (χ1v) is 6.38. The van der Waals surface area contributed by atoms with Crippen LogP contribution in [0.5, 0.6) is 0 Å². The first kappa shape index (κ1) is 13.4. The Morgan fingerprint density at radius 3 is 2.78 bits per heavy atom. The van der Waals surface area contributed by atoms with Crippen LogP contribution in [0.1, 0.15) is 31.9 Å². The van der Waals surface area contributed by atoms with E-state index in [1.807, 2.05) is 0 Å². The van der Waals surface area contributed by atoms with Crippen molar-refractivity contribution in [1.82, 2.24) is 5.32 Å². The molecule has 0 aliphatic carbocycles. The van der Waals surface area contributed by atoms with Crippen molar-refractivity contribution in [3.8, 4) is 0 Å². The molecule has 0 spiro atoms. The van der Waals surface area contributed by atoms with E-state index < -0.39 is 11.6 Å². The zero-order chi connectivity index (χ0) is 13.1. The number of ether oxygens (including phenoxy) is 1. The highest BCUT2D eigenvalue weighted by molar-refractivity contribution is 5.21. The van der Waals surface area contributed by atoms with Crippen molar-refractivity contribution in [2.24, 2.45) is 5.92 Å². The molecule has 0 amide bonds. The van der Waals surface area contributed by atoms with E-state index in [9.17, 15) is 8.78 Å². The summed E-state index contributed by atoms with van der Waals surface area (Å²) >= 11 is 0. The maximum absolute atomic E-state index is 13.2. The summed E-state index contributed by atoms with van der Waals surface area (Å²) in [5.74, 6) is -1.30. The van der Waals surface area contributed by atoms with Crippen molar-refractivity contribution in [2.75, 3.05) is 13.2 Å². The number of hydrogen-bond acceptors (Lipinski definition) is 2. The van der Waals surface area contributed by atoms with Gasteiger partial charge in [0.15, 0.2) is 11.6 Å². The van der Waals surface area contributed by atoms with Crippen LogP contribution in [0.2, 0.25) is 0 Å². The van der Waals surface area contributed by atoms with Crippen LogP contribution in [0.3, 0.4) is 0 Å². The summed E-state index contributed by atoms with van der Waals surface area (Å²) in [6.45, 7) is 5.68. The van der Waals surface area contributed by atoms with E-state index in [-0.39, 0.29) is 6.10 Å². The maximum atomic E-state index is 13.2.